The third kappa shape index (κ3) is 3.89. The highest BCUT2D eigenvalue weighted by Gasteiger charge is 2.16. The number of rotatable bonds is 4. The van der Waals surface area contributed by atoms with Crippen molar-refractivity contribution in [3.63, 3.8) is 0 Å². The molecule has 1 aromatic heterocycles. The lowest BCUT2D eigenvalue weighted by molar-refractivity contribution is 0.0954. The quantitative estimate of drug-likeness (QED) is 0.865. The molecule has 112 valence electrons. The second-order valence-corrected chi connectivity index (χ2v) is 6.92. The largest absolute Gasteiger partial charge is 0.347 e. The predicted molar refractivity (Wildman–Crippen MR) is 86.2 cm³/mol. The normalized spacial score (nSPS) is 11.0. The highest BCUT2D eigenvalue weighted by Crippen LogP contribution is 2.24. The van der Waals surface area contributed by atoms with E-state index in [-0.39, 0.29) is 18.3 Å². The zero-order valence-electron chi connectivity index (χ0n) is 12.0. The number of halogens is 2. The minimum absolute atomic E-state index is 0.173. The smallest absolute Gasteiger partial charge is 0.263 e. The summed E-state index contributed by atoms with van der Waals surface area (Å²) in [6.07, 6.45) is 0. The lowest BCUT2D eigenvalue weighted by Crippen LogP contribution is -2.22. The number of nitrogens with zero attached hydrogens (tertiary/aromatic N) is 1. The molecular weight excluding hydrogens is 355 g/mol. The van der Waals surface area contributed by atoms with E-state index < -0.39 is 0 Å². The van der Waals surface area contributed by atoms with Crippen molar-refractivity contribution < 1.29 is 9.18 Å². The number of benzene rings is 1. The summed E-state index contributed by atoms with van der Waals surface area (Å²) in [5.74, 6) is -0.195. The van der Waals surface area contributed by atoms with Crippen molar-refractivity contribution in [1.82, 2.24) is 10.3 Å². The molecule has 0 fully saturated rings. The van der Waals surface area contributed by atoms with Gasteiger partial charge in [0.1, 0.15) is 10.7 Å². The Morgan fingerprint density at radius 1 is 1.48 bits per heavy atom. The Kier molecular flexibility index (Phi) is 5.11. The van der Waals surface area contributed by atoms with Crippen LogP contribution in [0.15, 0.2) is 22.7 Å². The molecule has 0 bridgehead atoms. The maximum absolute atomic E-state index is 13.2. The van der Waals surface area contributed by atoms with Crippen LogP contribution in [0.5, 0.6) is 0 Å². The highest BCUT2D eigenvalue weighted by molar-refractivity contribution is 9.10. The molecule has 0 spiro atoms. The lowest BCUT2D eigenvalue weighted by Gasteiger charge is -2.06. The van der Waals surface area contributed by atoms with Gasteiger partial charge < -0.3 is 5.32 Å². The van der Waals surface area contributed by atoms with Crippen LogP contribution < -0.4 is 5.32 Å². The van der Waals surface area contributed by atoms with E-state index in [1.807, 2.05) is 20.8 Å². The molecule has 0 saturated carbocycles. The Labute approximate surface area is 135 Å². The number of thiazole rings is 1. The minimum atomic E-state index is -0.321. The zero-order chi connectivity index (χ0) is 15.6. The first-order valence-electron chi connectivity index (χ1n) is 6.58. The molecule has 1 amide bonds. The molecule has 0 saturated heterocycles. The van der Waals surface area contributed by atoms with Gasteiger partial charge in [0.25, 0.3) is 5.91 Å². The molecule has 1 N–H and O–H groups in total. The first-order chi connectivity index (χ1) is 9.88. The Hall–Kier alpha value is -1.27. The summed E-state index contributed by atoms with van der Waals surface area (Å²) < 4.78 is 14.0. The monoisotopic (exact) mass is 370 g/mol. The highest BCUT2D eigenvalue weighted by atomic mass is 79.9. The number of amides is 1. The van der Waals surface area contributed by atoms with E-state index in [2.05, 4.69) is 26.2 Å². The second kappa shape index (κ2) is 6.66. The molecule has 21 heavy (non-hydrogen) atoms. The van der Waals surface area contributed by atoms with E-state index in [1.165, 1.54) is 23.5 Å². The number of carbonyl (C=O) groups excluding carboxylic acids is 1. The fraction of sp³-hybridized carbons (Fsp3) is 0.333. The average molecular weight is 371 g/mol. The number of aromatic nitrogens is 1. The van der Waals surface area contributed by atoms with Gasteiger partial charge in [-0.25, -0.2) is 9.37 Å². The third-order valence-corrected chi connectivity index (χ3v) is 5.19. The minimum Gasteiger partial charge on any atom is -0.347 e. The lowest BCUT2D eigenvalue weighted by atomic mass is 10.2. The average Bonchev–Trinajstić information content (AvgIpc) is 2.82. The van der Waals surface area contributed by atoms with Gasteiger partial charge in [-0.2, -0.15) is 0 Å². The van der Waals surface area contributed by atoms with E-state index in [9.17, 15) is 9.18 Å². The standard InChI is InChI=1S/C15H16BrFN2OS/c1-8(2)15-19-9(3)13(21-15)14(20)18-7-10-6-11(17)4-5-12(10)16/h4-6,8H,7H2,1-3H3,(H,18,20). The third-order valence-electron chi connectivity index (χ3n) is 2.96. The number of nitrogens with one attached hydrogen (secondary N) is 1. The maximum Gasteiger partial charge on any atom is 0.263 e. The van der Waals surface area contributed by atoms with Crippen LogP contribution in [0.2, 0.25) is 0 Å². The fourth-order valence-electron chi connectivity index (χ4n) is 1.81. The van der Waals surface area contributed by atoms with E-state index in [0.717, 1.165) is 15.2 Å². The molecule has 1 heterocycles. The van der Waals surface area contributed by atoms with Crippen molar-refractivity contribution in [2.45, 2.75) is 33.2 Å². The number of carbonyl (C=O) groups is 1. The predicted octanol–water partition coefficient (Wildman–Crippen LogP) is 4.41. The first kappa shape index (κ1) is 16.1. The molecule has 2 rings (SSSR count). The summed E-state index contributed by atoms with van der Waals surface area (Å²) in [7, 11) is 0. The van der Waals surface area contributed by atoms with Crippen molar-refractivity contribution in [3.8, 4) is 0 Å². The van der Waals surface area contributed by atoms with Crippen LogP contribution in [0.25, 0.3) is 0 Å². The Morgan fingerprint density at radius 2 is 2.19 bits per heavy atom. The summed E-state index contributed by atoms with van der Waals surface area (Å²) in [6.45, 7) is 6.19. The van der Waals surface area contributed by atoms with Crippen LogP contribution in [0.4, 0.5) is 4.39 Å². The van der Waals surface area contributed by atoms with Crippen LogP contribution >= 0.6 is 27.3 Å². The Bertz CT molecular complexity index is 670. The molecule has 0 aliphatic rings. The van der Waals surface area contributed by atoms with Gasteiger partial charge >= 0.3 is 0 Å². The van der Waals surface area contributed by atoms with Crippen LogP contribution in [-0.4, -0.2) is 10.9 Å². The van der Waals surface area contributed by atoms with Crippen LogP contribution in [-0.2, 0) is 6.54 Å². The molecule has 0 radical (unpaired) electrons. The Morgan fingerprint density at radius 3 is 2.81 bits per heavy atom. The van der Waals surface area contributed by atoms with Crippen molar-refractivity contribution in [2.75, 3.05) is 0 Å². The van der Waals surface area contributed by atoms with Gasteiger partial charge in [-0.05, 0) is 30.7 Å². The second-order valence-electron chi connectivity index (χ2n) is 5.04. The maximum atomic E-state index is 13.2. The summed E-state index contributed by atoms with van der Waals surface area (Å²) in [5.41, 5.74) is 1.44. The molecular formula is C15H16BrFN2OS. The number of hydrogen-bond acceptors (Lipinski definition) is 3. The van der Waals surface area contributed by atoms with Crippen molar-refractivity contribution >= 4 is 33.2 Å². The van der Waals surface area contributed by atoms with Gasteiger partial charge in [-0.3, -0.25) is 4.79 Å². The molecule has 3 nitrogen and oxygen atoms in total. The summed E-state index contributed by atoms with van der Waals surface area (Å²) in [5, 5.41) is 3.76. The SMILES string of the molecule is Cc1nc(C(C)C)sc1C(=O)NCc1cc(F)ccc1Br. The molecule has 0 aliphatic heterocycles. The number of hydrogen-bond donors (Lipinski definition) is 1. The van der Waals surface area contributed by atoms with Gasteiger partial charge in [0.15, 0.2) is 0 Å². The summed E-state index contributed by atoms with van der Waals surface area (Å²) in [6, 6.07) is 4.41. The topological polar surface area (TPSA) is 42.0 Å². The Balaban J connectivity index is 2.10. The van der Waals surface area contributed by atoms with Gasteiger partial charge in [0.05, 0.1) is 10.7 Å². The van der Waals surface area contributed by atoms with Crippen molar-refractivity contribution in [2.24, 2.45) is 0 Å². The van der Waals surface area contributed by atoms with Crippen LogP contribution in [0, 0.1) is 12.7 Å². The molecule has 0 atom stereocenters. The van der Waals surface area contributed by atoms with Gasteiger partial charge in [0, 0.05) is 16.9 Å². The van der Waals surface area contributed by atoms with E-state index in [4.69, 9.17) is 0 Å². The van der Waals surface area contributed by atoms with Crippen molar-refractivity contribution in [3.05, 3.63) is 49.6 Å². The van der Waals surface area contributed by atoms with E-state index >= 15 is 0 Å². The van der Waals surface area contributed by atoms with E-state index in [1.54, 1.807) is 6.07 Å². The summed E-state index contributed by atoms with van der Waals surface area (Å²) in [4.78, 5) is 17.2. The molecule has 6 heteroatoms. The molecule has 0 unspecified atom stereocenters. The van der Waals surface area contributed by atoms with Gasteiger partial charge in [-0.15, -0.1) is 11.3 Å². The van der Waals surface area contributed by atoms with Crippen LogP contribution in [0.3, 0.4) is 0 Å². The van der Waals surface area contributed by atoms with Gasteiger partial charge in [0.2, 0.25) is 0 Å². The van der Waals surface area contributed by atoms with Crippen molar-refractivity contribution in [1.29, 1.82) is 0 Å². The molecule has 2 aromatic rings. The first-order valence-corrected chi connectivity index (χ1v) is 8.19. The zero-order valence-corrected chi connectivity index (χ0v) is 14.4. The van der Waals surface area contributed by atoms with E-state index in [0.29, 0.717) is 16.4 Å². The summed E-state index contributed by atoms with van der Waals surface area (Å²) >= 11 is 4.76. The molecule has 1 aromatic carbocycles. The fourth-order valence-corrected chi connectivity index (χ4v) is 3.18. The molecule has 0 aliphatic carbocycles. The number of aryl methyl sites for hydroxylation is 1. The van der Waals surface area contributed by atoms with Gasteiger partial charge in [-0.1, -0.05) is 29.8 Å². The van der Waals surface area contributed by atoms with Crippen LogP contribution in [0.1, 0.15) is 45.7 Å².